The first-order valence-electron chi connectivity index (χ1n) is 9.28. The first-order valence-corrected chi connectivity index (χ1v) is 9.28. The SMILES string of the molecule is Cc1nn(C)c2nc(-c3ccco3)cc(C(=O)Nc3cccc(-c4cnco4)c3)c12. The molecule has 0 aliphatic carbocycles. The number of hydrogen-bond donors (Lipinski definition) is 1. The highest BCUT2D eigenvalue weighted by Gasteiger charge is 2.20. The minimum absolute atomic E-state index is 0.263. The Bertz CT molecular complexity index is 1350. The summed E-state index contributed by atoms with van der Waals surface area (Å²) in [5.41, 5.74) is 3.84. The lowest BCUT2D eigenvalue weighted by atomic mass is 10.1. The van der Waals surface area contributed by atoms with Gasteiger partial charge in [0.1, 0.15) is 5.69 Å². The molecule has 0 spiro atoms. The van der Waals surface area contributed by atoms with Crippen molar-refractivity contribution in [2.45, 2.75) is 6.92 Å². The van der Waals surface area contributed by atoms with Crippen molar-refractivity contribution in [3.63, 3.8) is 0 Å². The van der Waals surface area contributed by atoms with E-state index in [-0.39, 0.29) is 5.91 Å². The smallest absolute Gasteiger partial charge is 0.256 e. The van der Waals surface area contributed by atoms with Crippen LogP contribution in [0.25, 0.3) is 33.8 Å². The molecule has 0 saturated heterocycles. The Labute approximate surface area is 171 Å². The highest BCUT2D eigenvalue weighted by Crippen LogP contribution is 2.28. The molecule has 0 aliphatic heterocycles. The minimum atomic E-state index is -0.263. The van der Waals surface area contributed by atoms with Crippen LogP contribution >= 0.6 is 0 Å². The van der Waals surface area contributed by atoms with Crippen molar-refractivity contribution in [3.8, 4) is 22.8 Å². The number of furan rings is 1. The van der Waals surface area contributed by atoms with Crippen LogP contribution in [0.3, 0.4) is 0 Å². The van der Waals surface area contributed by atoms with Gasteiger partial charge in [-0.2, -0.15) is 5.10 Å². The van der Waals surface area contributed by atoms with Gasteiger partial charge in [-0.25, -0.2) is 9.97 Å². The van der Waals surface area contributed by atoms with Gasteiger partial charge in [-0.1, -0.05) is 12.1 Å². The number of nitrogens with one attached hydrogen (secondary N) is 1. The monoisotopic (exact) mass is 399 g/mol. The van der Waals surface area contributed by atoms with Crippen molar-refractivity contribution in [2.75, 3.05) is 5.32 Å². The number of aryl methyl sites for hydroxylation is 2. The van der Waals surface area contributed by atoms with Crippen LogP contribution in [0.4, 0.5) is 5.69 Å². The lowest BCUT2D eigenvalue weighted by Gasteiger charge is -2.09. The van der Waals surface area contributed by atoms with E-state index in [1.165, 1.54) is 6.39 Å². The van der Waals surface area contributed by atoms with Crippen LogP contribution in [0.1, 0.15) is 16.1 Å². The number of amides is 1. The summed E-state index contributed by atoms with van der Waals surface area (Å²) in [5.74, 6) is 0.943. The molecular weight excluding hydrogens is 382 g/mol. The molecule has 0 atom stereocenters. The predicted molar refractivity (Wildman–Crippen MR) is 111 cm³/mol. The highest BCUT2D eigenvalue weighted by atomic mass is 16.3. The van der Waals surface area contributed by atoms with E-state index in [4.69, 9.17) is 8.83 Å². The standard InChI is InChI=1S/C22H17N5O3/c1-13-20-16(10-17(18-7-4-8-29-18)25-21(20)27(2)26-13)22(28)24-15-6-3-5-14(9-15)19-11-23-12-30-19/h3-12H,1-2H3,(H,24,28). The van der Waals surface area contributed by atoms with Crippen LogP contribution in [0.15, 0.2) is 70.2 Å². The van der Waals surface area contributed by atoms with Gasteiger partial charge in [-0.05, 0) is 37.3 Å². The Morgan fingerprint density at radius 1 is 1.10 bits per heavy atom. The van der Waals surface area contributed by atoms with Crippen molar-refractivity contribution < 1.29 is 13.6 Å². The number of anilines is 1. The van der Waals surface area contributed by atoms with Crippen LogP contribution in [-0.2, 0) is 7.05 Å². The molecule has 1 N–H and O–H groups in total. The molecule has 8 nitrogen and oxygen atoms in total. The van der Waals surface area contributed by atoms with Gasteiger partial charge in [0.25, 0.3) is 5.91 Å². The summed E-state index contributed by atoms with van der Waals surface area (Å²) in [7, 11) is 1.80. The third kappa shape index (κ3) is 3.04. The number of hydrogen-bond acceptors (Lipinski definition) is 6. The molecule has 5 aromatic rings. The second-order valence-electron chi connectivity index (χ2n) is 6.84. The molecule has 8 heteroatoms. The van der Waals surface area contributed by atoms with E-state index in [9.17, 15) is 4.79 Å². The molecule has 0 unspecified atom stereocenters. The predicted octanol–water partition coefficient (Wildman–Crippen LogP) is 4.44. The van der Waals surface area contributed by atoms with Gasteiger partial charge in [0.05, 0.1) is 29.1 Å². The van der Waals surface area contributed by atoms with E-state index in [0.717, 1.165) is 11.3 Å². The fraction of sp³-hybridized carbons (Fsp3) is 0.0909. The van der Waals surface area contributed by atoms with E-state index >= 15 is 0 Å². The molecule has 0 aliphatic rings. The second kappa shape index (κ2) is 7.00. The zero-order valence-electron chi connectivity index (χ0n) is 16.3. The highest BCUT2D eigenvalue weighted by molar-refractivity contribution is 6.13. The maximum atomic E-state index is 13.3. The van der Waals surface area contributed by atoms with Gasteiger partial charge in [-0.15, -0.1) is 0 Å². The van der Waals surface area contributed by atoms with Gasteiger partial charge in [-0.3, -0.25) is 9.48 Å². The van der Waals surface area contributed by atoms with E-state index in [2.05, 4.69) is 20.4 Å². The zero-order chi connectivity index (χ0) is 20.7. The number of fused-ring (bicyclic) bond motifs is 1. The number of benzene rings is 1. The summed E-state index contributed by atoms with van der Waals surface area (Å²) in [6.07, 6.45) is 4.57. The molecule has 0 radical (unpaired) electrons. The number of nitrogens with zero attached hydrogens (tertiary/aromatic N) is 4. The topological polar surface area (TPSA) is 99.0 Å². The molecule has 0 saturated carbocycles. The van der Waals surface area contributed by atoms with Crippen molar-refractivity contribution >= 4 is 22.6 Å². The van der Waals surface area contributed by atoms with Crippen molar-refractivity contribution in [1.82, 2.24) is 19.7 Å². The van der Waals surface area contributed by atoms with Crippen LogP contribution in [-0.4, -0.2) is 25.7 Å². The Hall–Kier alpha value is -4.20. The summed E-state index contributed by atoms with van der Waals surface area (Å²) in [6, 6.07) is 12.7. The number of pyridine rings is 1. The molecule has 30 heavy (non-hydrogen) atoms. The van der Waals surface area contributed by atoms with Gasteiger partial charge in [0.2, 0.25) is 0 Å². The van der Waals surface area contributed by atoms with E-state index in [0.29, 0.717) is 39.5 Å². The molecule has 1 amide bonds. The fourth-order valence-electron chi connectivity index (χ4n) is 3.48. The summed E-state index contributed by atoms with van der Waals surface area (Å²) in [4.78, 5) is 21.8. The average Bonchev–Trinajstić information content (AvgIpc) is 3.50. The average molecular weight is 399 g/mol. The molecule has 148 valence electrons. The summed E-state index contributed by atoms with van der Waals surface area (Å²) in [5, 5.41) is 8.11. The third-order valence-electron chi connectivity index (χ3n) is 4.82. The largest absolute Gasteiger partial charge is 0.463 e. The van der Waals surface area contributed by atoms with E-state index in [1.807, 2.05) is 31.2 Å². The Balaban J connectivity index is 1.57. The lowest BCUT2D eigenvalue weighted by molar-refractivity contribution is 0.102. The number of carbonyl (C=O) groups excluding carboxylic acids is 1. The van der Waals surface area contributed by atoms with Crippen LogP contribution in [0.2, 0.25) is 0 Å². The van der Waals surface area contributed by atoms with Gasteiger partial charge < -0.3 is 14.2 Å². The molecule has 0 bridgehead atoms. The molecule has 5 rings (SSSR count). The quantitative estimate of drug-likeness (QED) is 0.479. The molecule has 1 aromatic carbocycles. The van der Waals surface area contributed by atoms with Crippen LogP contribution in [0.5, 0.6) is 0 Å². The lowest BCUT2D eigenvalue weighted by Crippen LogP contribution is -2.13. The first-order chi connectivity index (χ1) is 14.6. The molecule has 0 fully saturated rings. The first kappa shape index (κ1) is 17.9. The van der Waals surface area contributed by atoms with Gasteiger partial charge in [0.15, 0.2) is 23.6 Å². The number of aromatic nitrogens is 4. The fourth-order valence-corrected chi connectivity index (χ4v) is 3.48. The van der Waals surface area contributed by atoms with Crippen molar-refractivity contribution in [3.05, 3.63) is 72.6 Å². The van der Waals surface area contributed by atoms with Gasteiger partial charge in [0, 0.05) is 18.3 Å². The van der Waals surface area contributed by atoms with Crippen molar-refractivity contribution in [1.29, 1.82) is 0 Å². The summed E-state index contributed by atoms with van der Waals surface area (Å²) in [6.45, 7) is 1.86. The van der Waals surface area contributed by atoms with Crippen LogP contribution < -0.4 is 5.32 Å². The van der Waals surface area contributed by atoms with E-state index < -0.39 is 0 Å². The maximum absolute atomic E-state index is 13.3. The number of rotatable bonds is 4. The van der Waals surface area contributed by atoms with E-state index in [1.54, 1.807) is 42.4 Å². The number of carbonyl (C=O) groups is 1. The minimum Gasteiger partial charge on any atom is -0.463 e. The third-order valence-corrected chi connectivity index (χ3v) is 4.82. The normalized spacial score (nSPS) is 11.1. The molecule has 4 aromatic heterocycles. The van der Waals surface area contributed by atoms with Crippen LogP contribution in [0, 0.1) is 6.92 Å². The Morgan fingerprint density at radius 3 is 2.77 bits per heavy atom. The Kier molecular flexibility index (Phi) is 4.17. The van der Waals surface area contributed by atoms with Crippen molar-refractivity contribution in [2.24, 2.45) is 7.05 Å². The molecular formula is C22H17N5O3. The Morgan fingerprint density at radius 2 is 2.00 bits per heavy atom. The number of oxazole rings is 1. The summed E-state index contributed by atoms with van der Waals surface area (Å²) < 4.78 is 12.5. The molecule has 4 heterocycles. The second-order valence-corrected chi connectivity index (χ2v) is 6.84. The maximum Gasteiger partial charge on any atom is 0.256 e. The van der Waals surface area contributed by atoms with Gasteiger partial charge >= 0.3 is 0 Å². The zero-order valence-corrected chi connectivity index (χ0v) is 16.3. The summed E-state index contributed by atoms with van der Waals surface area (Å²) >= 11 is 0.